The highest BCUT2D eigenvalue weighted by Crippen LogP contribution is 2.34. The second-order valence-corrected chi connectivity index (χ2v) is 5.75. The number of likely N-dealkylation sites (tertiary alicyclic amines) is 1. The van der Waals surface area contributed by atoms with Gasteiger partial charge in [0.15, 0.2) is 0 Å². The molecule has 2 fully saturated rings. The molecule has 0 spiro atoms. The topological polar surface area (TPSA) is 45.2 Å². The Morgan fingerprint density at radius 2 is 1.71 bits per heavy atom. The summed E-state index contributed by atoms with van der Waals surface area (Å²) in [5, 5.41) is 0. The van der Waals surface area contributed by atoms with E-state index in [1.54, 1.807) is 0 Å². The van der Waals surface area contributed by atoms with Crippen LogP contribution in [-0.2, 0) is 6.54 Å². The third-order valence-corrected chi connectivity index (χ3v) is 4.59. The molecule has 2 atom stereocenters. The predicted molar refractivity (Wildman–Crippen MR) is 80.8 cm³/mol. The first-order valence-electron chi connectivity index (χ1n) is 7.59. The first-order valence-corrected chi connectivity index (χ1v) is 7.59. The number of pyridine rings is 1. The monoisotopic (exact) mass is 281 g/mol. The molecule has 2 aromatic heterocycles. The van der Waals surface area contributed by atoms with Gasteiger partial charge in [0.2, 0.25) is 5.95 Å². The van der Waals surface area contributed by atoms with Crippen LogP contribution < -0.4 is 4.90 Å². The fourth-order valence-corrected chi connectivity index (χ4v) is 3.66. The standard InChI is InChI=1S/C16H19N5/c1-2-7-17-13(4-1)12-20-10-5-15-14(20)6-11-21(15)16-18-8-3-9-19-16/h1-4,7-9,14-15H,5-6,10-12H2/t14-,15+/m0/s1. The third-order valence-electron chi connectivity index (χ3n) is 4.59. The van der Waals surface area contributed by atoms with E-state index in [1.807, 2.05) is 30.7 Å². The maximum atomic E-state index is 4.45. The molecule has 0 saturated carbocycles. The quantitative estimate of drug-likeness (QED) is 0.857. The Morgan fingerprint density at radius 3 is 2.52 bits per heavy atom. The molecule has 0 aliphatic carbocycles. The van der Waals surface area contributed by atoms with E-state index in [-0.39, 0.29) is 0 Å². The minimum Gasteiger partial charge on any atom is -0.336 e. The van der Waals surface area contributed by atoms with E-state index >= 15 is 0 Å². The van der Waals surface area contributed by atoms with Crippen molar-refractivity contribution in [2.45, 2.75) is 31.5 Å². The second-order valence-electron chi connectivity index (χ2n) is 5.75. The lowest BCUT2D eigenvalue weighted by molar-refractivity contribution is 0.243. The fraction of sp³-hybridized carbons (Fsp3) is 0.438. The van der Waals surface area contributed by atoms with Gasteiger partial charge in [0, 0.05) is 50.3 Å². The number of fused-ring (bicyclic) bond motifs is 1. The summed E-state index contributed by atoms with van der Waals surface area (Å²) in [5.74, 6) is 0.879. The lowest BCUT2D eigenvalue weighted by Crippen LogP contribution is -2.37. The molecule has 0 radical (unpaired) electrons. The van der Waals surface area contributed by atoms with E-state index in [4.69, 9.17) is 0 Å². The van der Waals surface area contributed by atoms with Crippen molar-refractivity contribution in [1.29, 1.82) is 0 Å². The molecule has 0 bridgehead atoms. The minimum absolute atomic E-state index is 0.552. The molecule has 0 N–H and O–H groups in total. The summed E-state index contributed by atoms with van der Waals surface area (Å²) in [6.45, 7) is 3.14. The Balaban J connectivity index is 1.49. The Morgan fingerprint density at radius 1 is 0.905 bits per heavy atom. The second kappa shape index (κ2) is 5.41. The predicted octanol–water partition coefficient (Wildman–Crippen LogP) is 1.72. The van der Waals surface area contributed by atoms with Crippen molar-refractivity contribution in [2.24, 2.45) is 0 Å². The normalized spacial score (nSPS) is 25.2. The van der Waals surface area contributed by atoms with E-state index in [0.717, 1.165) is 31.3 Å². The van der Waals surface area contributed by atoms with E-state index in [1.165, 1.54) is 12.8 Å². The summed E-state index contributed by atoms with van der Waals surface area (Å²) < 4.78 is 0. The van der Waals surface area contributed by atoms with Gasteiger partial charge in [-0.3, -0.25) is 9.88 Å². The molecule has 2 aliphatic heterocycles. The van der Waals surface area contributed by atoms with Crippen LogP contribution in [0.3, 0.4) is 0 Å². The van der Waals surface area contributed by atoms with E-state index in [0.29, 0.717) is 12.1 Å². The average Bonchev–Trinajstić information content (AvgIpc) is 3.12. The molecule has 2 aliphatic rings. The van der Waals surface area contributed by atoms with Gasteiger partial charge in [-0.2, -0.15) is 0 Å². The Hall–Kier alpha value is -2.01. The van der Waals surface area contributed by atoms with Gasteiger partial charge in [-0.25, -0.2) is 9.97 Å². The first kappa shape index (κ1) is 12.7. The Bertz CT molecular complexity index is 588. The van der Waals surface area contributed by atoms with Crippen molar-refractivity contribution in [1.82, 2.24) is 19.9 Å². The zero-order valence-electron chi connectivity index (χ0n) is 12.0. The van der Waals surface area contributed by atoms with Gasteiger partial charge in [-0.15, -0.1) is 0 Å². The number of anilines is 1. The molecular formula is C16H19N5. The number of rotatable bonds is 3. The van der Waals surface area contributed by atoms with E-state index in [2.05, 4.69) is 36.9 Å². The first-order chi connectivity index (χ1) is 10.4. The molecule has 0 aromatic carbocycles. The molecule has 21 heavy (non-hydrogen) atoms. The van der Waals surface area contributed by atoms with Crippen molar-refractivity contribution in [3.63, 3.8) is 0 Å². The van der Waals surface area contributed by atoms with Gasteiger partial charge in [0.25, 0.3) is 0 Å². The molecule has 4 rings (SSSR count). The molecule has 0 amide bonds. The van der Waals surface area contributed by atoms with Crippen LogP contribution in [0.15, 0.2) is 42.9 Å². The minimum atomic E-state index is 0.552. The van der Waals surface area contributed by atoms with Crippen molar-refractivity contribution in [3.05, 3.63) is 48.5 Å². The van der Waals surface area contributed by atoms with Gasteiger partial charge < -0.3 is 4.90 Å². The van der Waals surface area contributed by atoms with Crippen molar-refractivity contribution in [3.8, 4) is 0 Å². The zero-order valence-corrected chi connectivity index (χ0v) is 12.0. The van der Waals surface area contributed by atoms with Gasteiger partial charge in [0.05, 0.1) is 5.69 Å². The smallest absolute Gasteiger partial charge is 0.225 e. The summed E-state index contributed by atoms with van der Waals surface area (Å²) in [5.41, 5.74) is 1.16. The number of aromatic nitrogens is 3. The summed E-state index contributed by atoms with van der Waals surface area (Å²) >= 11 is 0. The van der Waals surface area contributed by atoms with Crippen molar-refractivity contribution >= 4 is 5.95 Å². The molecule has 108 valence electrons. The summed E-state index contributed by atoms with van der Waals surface area (Å²) in [6, 6.07) is 9.18. The van der Waals surface area contributed by atoms with Crippen LogP contribution in [0.4, 0.5) is 5.95 Å². The maximum Gasteiger partial charge on any atom is 0.225 e. The zero-order chi connectivity index (χ0) is 14.1. The molecule has 2 aromatic rings. The van der Waals surface area contributed by atoms with Crippen LogP contribution in [0, 0.1) is 0 Å². The largest absolute Gasteiger partial charge is 0.336 e. The highest BCUT2D eigenvalue weighted by Gasteiger charge is 2.43. The highest BCUT2D eigenvalue weighted by molar-refractivity contribution is 5.35. The maximum absolute atomic E-state index is 4.45. The number of nitrogens with zero attached hydrogens (tertiary/aromatic N) is 5. The van der Waals surface area contributed by atoms with E-state index in [9.17, 15) is 0 Å². The number of hydrogen-bond donors (Lipinski definition) is 0. The molecule has 2 saturated heterocycles. The summed E-state index contributed by atoms with van der Waals surface area (Å²) in [6.07, 6.45) is 7.92. The van der Waals surface area contributed by atoms with Crippen LogP contribution in [0.25, 0.3) is 0 Å². The highest BCUT2D eigenvalue weighted by atomic mass is 15.4. The molecule has 5 nitrogen and oxygen atoms in total. The average molecular weight is 281 g/mol. The molecular weight excluding hydrogens is 262 g/mol. The van der Waals surface area contributed by atoms with Crippen LogP contribution >= 0.6 is 0 Å². The SMILES string of the molecule is c1ccc(CN2CC[C@@H]3[C@@H]2CCN3c2ncccn2)nc1. The lowest BCUT2D eigenvalue weighted by atomic mass is 10.1. The van der Waals surface area contributed by atoms with Crippen LogP contribution in [-0.4, -0.2) is 45.0 Å². The van der Waals surface area contributed by atoms with Crippen LogP contribution in [0.2, 0.25) is 0 Å². The van der Waals surface area contributed by atoms with Crippen LogP contribution in [0.1, 0.15) is 18.5 Å². The van der Waals surface area contributed by atoms with Crippen LogP contribution in [0.5, 0.6) is 0 Å². The Labute approximate surface area is 124 Å². The molecule has 4 heterocycles. The van der Waals surface area contributed by atoms with E-state index < -0.39 is 0 Å². The third kappa shape index (κ3) is 2.38. The lowest BCUT2D eigenvalue weighted by Gasteiger charge is -2.25. The van der Waals surface area contributed by atoms with Gasteiger partial charge in [-0.1, -0.05) is 6.07 Å². The Kier molecular flexibility index (Phi) is 3.27. The van der Waals surface area contributed by atoms with Crippen molar-refractivity contribution in [2.75, 3.05) is 18.0 Å². The van der Waals surface area contributed by atoms with Crippen molar-refractivity contribution < 1.29 is 0 Å². The number of hydrogen-bond acceptors (Lipinski definition) is 5. The van der Waals surface area contributed by atoms with Gasteiger partial charge in [-0.05, 0) is 31.0 Å². The summed E-state index contributed by atoms with van der Waals surface area (Å²) in [7, 11) is 0. The van der Waals surface area contributed by atoms with Gasteiger partial charge >= 0.3 is 0 Å². The van der Waals surface area contributed by atoms with Gasteiger partial charge in [0.1, 0.15) is 0 Å². The fourth-order valence-electron chi connectivity index (χ4n) is 3.66. The summed E-state index contributed by atoms with van der Waals surface area (Å²) in [4.78, 5) is 18.2. The molecule has 0 unspecified atom stereocenters. The molecule has 5 heteroatoms.